The minimum Gasteiger partial charge on any atom is -0.392 e. The van der Waals surface area contributed by atoms with Crippen molar-refractivity contribution in [2.75, 3.05) is 26.7 Å². The molecule has 7 heteroatoms. The number of carbonyl (C=O) groups excluding carboxylic acids is 1. The Morgan fingerprint density at radius 1 is 0.975 bits per heavy atom. The molecule has 3 N–H and O–H groups in total. The number of hydrogen-bond donors (Lipinski definition) is 3. The fraction of sp³-hybridized carbons (Fsp3) is 0.364. The summed E-state index contributed by atoms with van der Waals surface area (Å²) in [5.41, 5.74) is 6.01. The number of carbonyl (C=O) groups is 1. The van der Waals surface area contributed by atoms with Crippen LogP contribution in [-0.4, -0.2) is 48.8 Å². The van der Waals surface area contributed by atoms with Gasteiger partial charge in [0.15, 0.2) is 6.29 Å². The molecule has 3 aromatic rings. The van der Waals surface area contributed by atoms with Crippen LogP contribution >= 0.6 is 0 Å². The molecule has 4 atom stereocenters. The molecule has 1 aliphatic rings. The van der Waals surface area contributed by atoms with Gasteiger partial charge in [-0.2, -0.15) is 0 Å². The van der Waals surface area contributed by atoms with E-state index >= 15 is 0 Å². The van der Waals surface area contributed by atoms with E-state index in [1.54, 1.807) is 0 Å². The number of aliphatic hydroxyl groups excluding tert-OH is 1. The number of urea groups is 1. The van der Waals surface area contributed by atoms with Crippen LogP contribution in [0.4, 0.5) is 4.79 Å². The fourth-order valence-corrected chi connectivity index (χ4v) is 5.06. The number of aliphatic hydroxyl groups is 1. The number of nitrogens with zero attached hydrogens (tertiary/aromatic N) is 1. The Morgan fingerprint density at radius 2 is 1.70 bits per heavy atom. The minimum atomic E-state index is -0.539. The van der Waals surface area contributed by atoms with Crippen LogP contribution in [0, 0.1) is 5.92 Å². The summed E-state index contributed by atoms with van der Waals surface area (Å²) in [5.74, 6) is 0.112. The molecular formula is C33H41N3O4. The van der Waals surface area contributed by atoms with E-state index < -0.39 is 6.29 Å². The monoisotopic (exact) mass is 543 g/mol. The highest BCUT2D eigenvalue weighted by molar-refractivity contribution is 5.74. The first-order valence-electron chi connectivity index (χ1n) is 13.9. The molecule has 1 fully saturated rings. The molecule has 0 bridgehead atoms. The average molecular weight is 544 g/mol. The summed E-state index contributed by atoms with van der Waals surface area (Å²) in [4.78, 5) is 14.0. The standard InChI is InChI=1S/C33H41N3O4/c1-5-17-36(4)21-30-23(3)31(26-15-13-24(22-37)14-16-26)40-32(39-30)29-12-8-11-28(19-29)27-10-7-9-25(18-27)20-35-33(38)34-6-2/h5,7-16,18-19,23,30-32,37H,1,6,17,20-22H2,2-4H3,(H2,34,35,38)/t23-,30+,31+,32+/m1/s1. The molecule has 0 aliphatic carbocycles. The molecule has 212 valence electrons. The van der Waals surface area contributed by atoms with Gasteiger partial charge in [-0.1, -0.05) is 73.7 Å². The molecule has 0 aromatic heterocycles. The lowest BCUT2D eigenvalue weighted by molar-refractivity contribution is -0.275. The second-order valence-electron chi connectivity index (χ2n) is 10.4. The molecule has 0 saturated carbocycles. The number of rotatable bonds is 11. The summed E-state index contributed by atoms with van der Waals surface area (Å²) < 4.78 is 13.2. The molecule has 2 amide bonds. The number of nitrogens with one attached hydrogen (secondary N) is 2. The second-order valence-corrected chi connectivity index (χ2v) is 10.4. The first-order valence-corrected chi connectivity index (χ1v) is 13.9. The predicted molar refractivity (Wildman–Crippen MR) is 158 cm³/mol. The summed E-state index contributed by atoms with van der Waals surface area (Å²) in [6.45, 7) is 10.5. The van der Waals surface area contributed by atoms with Crippen LogP contribution in [0.15, 0.2) is 85.5 Å². The maximum atomic E-state index is 11.8. The van der Waals surface area contributed by atoms with Crippen molar-refractivity contribution in [2.45, 2.75) is 45.5 Å². The van der Waals surface area contributed by atoms with Crippen molar-refractivity contribution in [3.8, 4) is 11.1 Å². The Balaban J connectivity index is 1.59. The Kier molecular flexibility index (Phi) is 10.5. The molecular weight excluding hydrogens is 502 g/mol. The molecule has 40 heavy (non-hydrogen) atoms. The molecule has 0 radical (unpaired) electrons. The largest absolute Gasteiger partial charge is 0.392 e. The second kappa shape index (κ2) is 14.2. The van der Waals surface area contributed by atoms with Gasteiger partial charge in [0.05, 0.1) is 18.8 Å². The van der Waals surface area contributed by atoms with Gasteiger partial charge >= 0.3 is 6.03 Å². The highest BCUT2D eigenvalue weighted by Crippen LogP contribution is 2.42. The molecule has 4 rings (SSSR count). The summed E-state index contributed by atoms with van der Waals surface area (Å²) in [6, 6.07) is 24.2. The molecule has 1 heterocycles. The smallest absolute Gasteiger partial charge is 0.315 e. The van der Waals surface area contributed by atoms with Crippen LogP contribution < -0.4 is 10.6 Å². The number of likely N-dealkylation sites (N-methyl/N-ethyl adjacent to an activating group) is 1. The van der Waals surface area contributed by atoms with Crippen molar-refractivity contribution in [3.05, 3.63) is 108 Å². The van der Waals surface area contributed by atoms with Crippen LogP contribution in [0.1, 0.15) is 48.5 Å². The van der Waals surface area contributed by atoms with E-state index in [2.05, 4.69) is 60.3 Å². The predicted octanol–water partition coefficient (Wildman–Crippen LogP) is 5.57. The Labute approximate surface area is 237 Å². The van der Waals surface area contributed by atoms with Crippen molar-refractivity contribution in [1.82, 2.24) is 15.5 Å². The summed E-state index contributed by atoms with van der Waals surface area (Å²) >= 11 is 0. The van der Waals surface area contributed by atoms with Crippen molar-refractivity contribution >= 4 is 6.03 Å². The lowest BCUT2D eigenvalue weighted by atomic mass is 9.90. The molecule has 0 unspecified atom stereocenters. The summed E-state index contributed by atoms with van der Waals surface area (Å²) in [6.07, 6.45) is 1.14. The third-order valence-corrected chi connectivity index (χ3v) is 7.27. The zero-order chi connectivity index (χ0) is 28.5. The molecule has 7 nitrogen and oxygen atoms in total. The van der Waals surface area contributed by atoms with E-state index in [1.165, 1.54) is 0 Å². The number of hydrogen-bond acceptors (Lipinski definition) is 5. The van der Waals surface area contributed by atoms with Crippen LogP contribution in [0.25, 0.3) is 11.1 Å². The van der Waals surface area contributed by atoms with Gasteiger partial charge in [-0.25, -0.2) is 4.79 Å². The number of ether oxygens (including phenoxy) is 2. The van der Waals surface area contributed by atoms with Crippen LogP contribution in [0.5, 0.6) is 0 Å². The minimum absolute atomic E-state index is 0.0120. The van der Waals surface area contributed by atoms with E-state index in [-0.39, 0.29) is 30.8 Å². The zero-order valence-corrected chi connectivity index (χ0v) is 23.7. The van der Waals surface area contributed by atoms with Crippen LogP contribution in [-0.2, 0) is 22.6 Å². The van der Waals surface area contributed by atoms with Crippen molar-refractivity contribution in [2.24, 2.45) is 5.92 Å². The lowest BCUT2D eigenvalue weighted by Crippen LogP contribution is -2.43. The van der Waals surface area contributed by atoms with Gasteiger partial charge in [-0.15, -0.1) is 6.58 Å². The van der Waals surface area contributed by atoms with Gasteiger partial charge in [-0.3, -0.25) is 0 Å². The number of benzene rings is 3. The van der Waals surface area contributed by atoms with Gasteiger partial charge in [0.25, 0.3) is 0 Å². The van der Waals surface area contributed by atoms with Gasteiger partial charge in [0.1, 0.15) is 0 Å². The zero-order valence-electron chi connectivity index (χ0n) is 23.7. The fourth-order valence-electron chi connectivity index (χ4n) is 5.06. The van der Waals surface area contributed by atoms with Gasteiger partial charge in [0, 0.05) is 37.7 Å². The maximum Gasteiger partial charge on any atom is 0.315 e. The highest BCUT2D eigenvalue weighted by atomic mass is 16.7. The normalized spacial score (nSPS) is 20.7. The van der Waals surface area contributed by atoms with E-state index in [0.29, 0.717) is 13.1 Å². The third-order valence-electron chi connectivity index (χ3n) is 7.27. The van der Waals surface area contributed by atoms with E-state index in [0.717, 1.165) is 46.5 Å². The van der Waals surface area contributed by atoms with Crippen molar-refractivity contribution < 1.29 is 19.4 Å². The Hall–Kier alpha value is -3.49. The SMILES string of the molecule is C=CCN(C)C[C@@H]1O[C@H](c2cccc(-c3cccc(CNC(=O)NCC)c3)c2)O[C@H](c2ccc(CO)cc2)[C@@H]1C. The summed E-state index contributed by atoms with van der Waals surface area (Å²) in [5, 5.41) is 15.1. The van der Waals surface area contributed by atoms with E-state index in [4.69, 9.17) is 9.47 Å². The highest BCUT2D eigenvalue weighted by Gasteiger charge is 2.38. The molecule has 3 aromatic carbocycles. The van der Waals surface area contributed by atoms with Crippen LogP contribution in [0.2, 0.25) is 0 Å². The van der Waals surface area contributed by atoms with Gasteiger partial charge < -0.3 is 30.1 Å². The molecule has 1 aliphatic heterocycles. The maximum absolute atomic E-state index is 11.8. The van der Waals surface area contributed by atoms with E-state index in [9.17, 15) is 9.90 Å². The average Bonchev–Trinajstić information content (AvgIpc) is 2.98. The first kappa shape index (κ1) is 29.5. The molecule has 1 saturated heterocycles. The Morgan fingerprint density at radius 3 is 2.40 bits per heavy atom. The third kappa shape index (κ3) is 7.58. The van der Waals surface area contributed by atoms with Gasteiger partial charge in [0.2, 0.25) is 0 Å². The van der Waals surface area contributed by atoms with Crippen molar-refractivity contribution in [1.29, 1.82) is 0 Å². The van der Waals surface area contributed by atoms with Crippen LogP contribution in [0.3, 0.4) is 0 Å². The Bertz CT molecular complexity index is 1260. The topological polar surface area (TPSA) is 83.1 Å². The quantitative estimate of drug-likeness (QED) is 0.275. The lowest BCUT2D eigenvalue weighted by Gasteiger charge is -2.42. The first-order chi connectivity index (χ1) is 19.4. The van der Waals surface area contributed by atoms with Gasteiger partial charge in [-0.05, 0) is 53.9 Å². The van der Waals surface area contributed by atoms with Crippen molar-refractivity contribution in [3.63, 3.8) is 0 Å². The van der Waals surface area contributed by atoms with E-state index in [1.807, 2.05) is 61.5 Å². The number of amides is 2. The molecule has 0 spiro atoms. The summed E-state index contributed by atoms with van der Waals surface area (Å²) in [7, 11) is 2.07.